The molecule has 1 amide bonds. The van der Waals surface area contributed by atoms with Gasteiger partial charge in [-0.3, -0.25) is 10.1 Å². The third kappa shape index (κ3) is 4.18. The first kappa shape index (κ1) is 21.0. The lowest BCUT2D eigenvalue weighted by Gasteiger charge is -2.19. The maximum Gasteiger partial charge on any atom is 0.259 e. The molecule has 154 valence electrons. The van der Waals surface area contributed by atoms with Crippen LogP contribution in [0.2, 0.25) is 0 Å². The molecule has 1 fully saturated rings. The highest BCUT2D eigenvalue weighted by molar-refractivity contribution is 6.04. The Balaban J connectivity index is 0.00000240. The molecule has 29 heavy (non-hydrogen) atoms. The minimum atomic E-state index is -0.192. The highest BCUT2D eigenvalue weighted by atomic mass is 35.5. The quantitative estimate of drug-likeness (QED) is 0.683. The Morgan fingerprint density at radius 1 is 1.24 bits per heavy atom. The van der Waals surface area contributed by atoms with Gasteiger partial charge >= 0.3 is 0 Å². The largest absolute Gasteiger partial charge is 0.317 e. The molecule has 0 saturated carbocycles. The highest BCUT2D eigenvalue weighted by Gasteiger charge is 2.23. The van der Waals surface area contributed by atoms with Crippen molar-refractivity contribution in [2.75, 3.05) is 18.4 Å². The van der Waals surface area contributed by atoms with Crippen molar-refractivity contribution in [3.8, 4) is 5.82 Å². The van der Waals surface area contributed by atoms with E-state index in [2.05, 4.69) is 25.7 Å². The number of halogens is 1. The Hall–Kier alpha value is -2.71. The second-order valence-electron chi connectivity index (χ2n) is 7.20. The van der Waals surface area contributed by atoms with Crippen LogP contribution < -0.4 is 10.6 Å². The Morgan fingerprint density at radius 3 is 2.69 bits per heavy atom. The number of rotatable bonds is 4. The van der Waals surface area contributed by atoms with E-state index in [4.69, 9.17) is 0 Å². The van der Waals surface area contributed by atoms with Gasteiger partial charge in [0.1, 0.15) is 5.82 Å². The predicted octanol–water partition coefficient (Wildman–Crippen LogP) is 2.76. The van der Waals surface area contributed by atoms with Gasteiger partial charge in [0.25, 0.3) is 5.91 Å². The fourth-order valence-corrected chi connectivity index (χ4v) is 3.77. The first-order chi connectivity index (χ1) is 13.5. The number of carbonyl (C=O) groups excluding carboxylic acids is 1. The van der Waals surface area contributed by atoms with Crippen molar-refractivity contribution in [2.24, 2.45) is 7.05 Å². The zero-order valence-electron chi connectivity index (χ0n) is 16.8. The molecule has 0 atom stereocenters. The van der Waals surface area contributed by atoms with Gasteiger partial charge in [-0.1, -0.05) is 6.07 Å². The third-order valence-corrected chi connectivity index (χ3v) is 5.26. The van der Waals surface area contributed by atoms with Crippen LogP contribution in [0, 0.1) is 13.8 Å². The van der Waals surface area contributed by atoms with Crippen LogP contribution in [-0.4, -0.2) is 43.3 Å². The molecule has 0 unspecified atom stereocenters. The first-order valence-corrected chi connectivity index (χ1v) is 9.58. The van der Waals surface area contributed by atoms with Crippen molar-refractivity contribution in [2.45, 2.75) is 32.6 Å². The molecule has 1 aliphatic rings. The molecule has 9 heteroatoms. The number of aromatic nitrogens is 5. The van der Waals surface area contributed by atoms with Gasteiger partial charge in [0.15, 0.2) is 5.82 Å². The number of pyridine rings is 1. The van der Waals surface area contributed by atoms with E-state index in [0.717, 1.165) is 49.0 Å². The van der Waals surface area contributed by atoms with Gasteiger partial charge in [0, 0.05) is 30.6 Å². The topological polar surface area (TPSA) is 89.7 Å². The van der Waals surface area contributed by atoms with Gasteiger partial charge in [-0.2, -0.15) is 10.1 Å². The lowest BCUT2D eigenvalue weighted by molar-refractivity contribution is 0.102. The van der Waals surface area contributed by atoms with E-state index in [-0.39, 0.29) is 18.3 Å². The normalized spacial score (nSPS) is 14.4. The van der Waals surface area contributed by atoms with Gasteiger partial charge in [-0.05, 0) is 58.0 Å². The van der Waals surface area contributed by atoms with E-state index in [1.165, 1.54) is 0 Å². The Morgan fingerprint density at radius 2 is 2.00 bits per heavy atom. The molecule has 1 saturated heterocycles. The fraction of sp³-hybridized carbons (Fsp3) is 0.400. The number of hydrogen-bond acceptors (Lipinski definition) is 5. The maximum absolute atomic E-state index is 12.9. The molecule has 4 rings (SSSR count). The highest BCUT2D eigenvalue weighted by Crippen LogP contribution is 2.24. The van der Waals surface area contributed by atoms with Crippen molar-refractivity contribution in [1.82, 2.24) is 29.6 Å². The summed E-state index contributed by atoms with van der Waals surface area (Å²) in [5.41, 5.74) is 2.40. The zero-order chi connectivity index (χ0) is 19.7. The molecule has 0 aliphatic carbocycles. The van der Waals surface area contributed by atoms with Crippen molar-refractivity contribution in [3.05, 3.63) is 53.2 Å². The van der Waals surface area contributed by atoms with Crippen LogP contribution in [0.15, 0.2) is 30.5 Å². The number of piperidine rings is 1. The number of anilines is 1. The molecule has 1 aliphatic heterocycles. The second-order valence-corrected chi connectivity index (χ2v) is 7.20. The number of amides is 1. The number of nitrogens with zero attached hydrogens (tertiary/aromatic N) is 5. The molecule has 3 aromatic heterocycles. The summed E-state index contributed by atoms with van der Waals surface area (Å²) in [5.74, 6) is 2.22. The number of hydrogen-bond donors (Lipinski definition) is 2. The van der Waals surface area contributed by atoms with Crippen molar-refractivity contribution >= 4 is 24.3 Å². The summed E-state index contributed by atoms with van der Waals surface area (Å²) in [6.45, 7) is 5.85. The van der Waals surface area contributed by atoms with Gasteiger partial charge in [0.2, 0.25) is 5.95 Å². The van der Waals surface area contributed by atoms with Crippen LogP contribution >= 0.6 is 12.4 Å². The summed E-state index contributed by atoms with van der Waals surface area (Å²) in [7, 11) is 1.81. The van der Waals surface area contributed by atoms with E-state index in [9.17, 15) is 4.79 Å². The Bertz CT molecular complexity index is 990. The van der Waals surface area contributed by atoms with Crippen LogP contribution in [0.3, 0.4) is 0 Å². The van der Waals surface area contributed by atoms with Gasteiger partial charge in [0.05, 0.1) is 5.56 Å². The molecule has 3 aromatic rings. The first-order valence-electron chi connectivity index (χ1n) is 9.58. The number of nitrogens with one attached hydrogen (secondary N) is 2. The van der Waals surface area contributed by atoms with Crippen LogP contribution in [0.5, 0.6) is 0 Å². The summed E-state index contributed by atoms with van der Waals surface area (Å²) >= 11 is 0. The summed E-state index contributed by atoms with van der Waals surface area (Å²) in [6, 6.07) is 7.61. The molecule has 2 N–H and O–H groups in total. The molecule has 4 heterocycles. The minimum absolute atomic E-state index is 0. The average Bonchev–Trinajstić information content (AvgIpc) is 3.22. The summed E-state index contributed by atoms with van der Waals surface area (Å²) in [4.78, 5) is 21.9. The summed E-state index contributed by atoms with van der Waals surface area (Å²) in [6.07, 6.45) is 3.78. The minimum Gasteiger partial charge on any atom is -0.317 e. The van der Waals surface area contributed by atoms with E-state index in [0.29, 0.717) is 17.4 Å². The van der Waals surface area contributed by atoms with Gasteiger partial charge in [-0.25, -0.2) is 9.67 Å². The maximum atomic E-state index is 12.9. The fourth-order valence-electron chi connectivity index (χ4n) is 3.77. The van der Waals surface area contributed by atoms with Crippen LogP contribution in [-0.2, 0) is 7.05 Å². The van der Waals surface area contributed by atoms with E-state index >= 15 is 0 Å². The Labute approximate surface area is 176 Å². The van der Waals surface area contributed by atoms with Crippen molar-refractivity contribution in [3.63, 3.8) is 0 Å². The SMILES string of the molecule is Cc1cc(C(=O)Nc2nc(C3CCNCC3)nn2C)c(C)n1-c1ccccn1.Cl. The van der Waals surface area contributed by atoms with E-state index < -0.39 is 0 Å². The smallest absolute Gasteiger partial charge is 0.259 e. The molecule has 0 radical (unpaired) electrons. The third-order valence-electron chi connectivity index (χ3n) is 5.26. The molecular formula is C20H26ClN7O. The van der Waals surface area contributed by atoms with Crippen LogP contribution in [0.25, 0.3) is 5.82 Å². The standard InChI is InChI=1S/C20H25N7O.ClH/c1-13-12-16(14(2)27(13)17-6-4-5-9-22-17)19(28)24-20-23-18(25-26(20)3)15-7-10-21-11-8-15;/h4-6,9,12,15,21H,7-8,10-11H2,1-3H3,(H,23,24,25,28);1H. The van der Waals surface area contributed by atoms with Crippen LogP contribution in [0.1, 0.15) is 46.3 Å². The van der Waals surface area contributed by atoms with Gasteiger partial charge in [-0.15, -0.1) is 12.4 Å². The predicted molar refractivity (Wildman–Crippen MR) is 114 cm³/mol. The van der Waals surface area contributed by atoms with E-state index in [1.54, 1.807) is 10.9 Å². The molecule has 8 nitrogen and oxygen atoms in total. The lowest BCUT2D eigenvalue weighted by Crippen LogP contribution is -2.27. The van der Waals surface area contributed by atoms with Crippen LogP contribution in [0.4, 0.5) is 5.95 Å². The average molecular weight is 416 g/mol. The Kier molecular flexibility index (Phi) is 6.34. The van der Waals surface area contributed by atoms with Crippen molar-refractivity contribution in [1.29, 1.82) is 0 Å². The monoisotopic (exact) mass is 415 g/mol. The zero-order valence-corrected chi connectivity index (χ0v) is 17.7. The number of aryl methyl sites for hydroxylation is 2. The molecule has 0 aromatic carbocycles. The second kappa shape index (κ2) is 8.75. The van der Waals surface area contributed by atoms with Crippen molar-refractivity contribution < 1.29 is 4.79 Å². The summed E-state index contributed by atoms with van der Waals surface area (Å²) < 4.78 is 3.62. The number of carbonyl (C=O) groups is 1. The van der Waals surface area contributed by atoms with E-state index in [1.807, 2.05) is 49.7 Å². The van der Waals surface area contributed by atoms with Gasteiger partial charge < -0.3 is 9.88 Å². The molecule has 0 spiro atoms. The molecule has 0 bridgehead atoms. The molecular weight excluding hydrogens is 390 g/mol. The summed E-state index contributed by atoms with van der Waals surface area (Å²) in [5, 5.41) is 10.8. The lowest BCUT2D eigenvalue weighted by atomic mass is 9.98.